The van der Waals surface area contributed by atoms with Crippen LogP contribution in [0.15, 0.2) is 60.7 Å². The molecule has 0 amide bonds. The molecule has 0 atom stereocenters. The standard InChI is InChI=1S/C19H16BNO2/c22-20(23)14-11-12-19-17(13-14)16-9-5-2-6-10-18(16)21(19)15-7-3-1-4-8-15/h1,3-13,22-23H,2H2. The van der Waals surface area contributed by atoms with E-state index in [0.717, 1.165) is 34.3 Å². The first kappa shape index (κ1) is 14.1. The number of nitrogens with zero attached hydrogens (tertiary/aromatic N) is 1. The Kier molecular flexibility index (Phi) is 3.41. The van der Waals surface area contributed by atoms with Crippen molar-refractivity contribution in [2.24, 2.45) is 0 Å². The summed E-state index contributed by atoms with van der Waals surface area (Å²) in [4.78, 5) is 0. The number of fused-ring (bicyclic) bond motifs is 3. The molecule has 4 heteroatoms. The monoisotopic (exact) mass is 301 g/mol. The van der Waals surface area contributed by atoms with Crippen molar-refractivity contribution in [3.05, 3.63) is 71.9 Å². The largest absolute Gasteiger partial charge is 0.488 e. The molecule has 1 aliphatic rings. The van der Waals surface area contributed by atoms with Gasteiger partial charge in [-0.15, -0.1) is 0 Å². The number of benzene rings is 2. The molecule has 0 aliphatic heterocycles. The highest BCUT2D eigenvalue weighted by atomic mass is 16.4. The van der Waals surface area contributed by atoms with Gasteiger partial charge in [0, 0.05) is 16.6 Å². The van der Waals surface area contributed by atoms with Crippen LogP contribution >= 0.6 is 0 Å². The molecule has 2 aromatic carbocycles. The van der Waals surface area contributed by atoms with Gasteiger partial charge in [0.2, 0.25) is 0 Å². The van der Waals surface area contributed by atoms with Crippen LogP contribution < -0.4 is 5.46 Å². The van der Waals surface area contributed by atoms with E-state index < -0.39 is 7.12 Å². The highest BCUT2D eigenvalue weighted by Crippen LogP contribution is 2.32. The molecule has 0 spiro atoms. The summed E-state index contributed by atoms with van der Waals surface area (Å²) in [5.74, 6) is 0. The number of hydrogen-bond donors (Lipinski definition) is 2. The zero-order valence-corrected chi connectivity index (χ0v) is 12.6. The predicted octanol–water partition coefficient (Wildman–Crippen LogP) is 2.74. The van der Waals surface area contributed by atoms with Gasteiger partial charge >= 0.3 is 7.12 Å². The SMILES string of the molecule is OB(O)c1ccc2c(c1)c1c(n2-c2ccccc2)C=CCC=C1. The summed E-state index contributed by atoms with van der Waals surface area (Å²) < 4.78 is 2.21. The topological polar surface area (TPSA) is 45.4 Å². The molecule has 0 bridgehead atoms. The number of para-hydroxylation sites is 1. The van der Waals surface area contributed by atoms with E-state index >= 15 is 0 Å². The lowest BCUT2D eigenvalue weighted by molar-refractivity contribution is 0.426. The summed E-state index contributed by atoms with van der Waals surface area (Å²) in [6, 6.07) is 15.8. The van der Waals surface area contributed by atoms with Crippen LogP contribution in [-0.4, -0.2) is 21.7 Å². The van der Waals surface area contributed by atoms with Crippen LogP contribution in [0.25, 0.3) is 28.7 Å². The van der Waals surface area contributed by atoms with Gasteiger partial charge in [-0.05, 0) is 36.2 Å². The maximum atomic E-state index is 9.48. The van der Waals surface area contributed by atoms with Crippen molar-refractivity contribution < 1.29 is 10.0 Å². The van der Waals surface area contributed by atoms with E-state index in [-0.39, 0.29) is 0 Å². The van der Waals surface area contributed by atoms with E-state index in [1.54, 1.807) is 6.07 Å². The third-order valence-corrected chi connectivity index (χ3v) is 4.21. The third kappa shape index (κ3) is 2.33. The maximum Gasteiger partial charge on any atom is 0.488 e. The van der Waals surface area contributed by atoms with Gasteiger partial charge in [-0.2, -0.15) is 0 Å². The maximum absolute atomic E-state index is 9.48. The molecular formula is C19H16BNO2. The highest BCUT2D eigenvalue weighted by molar-refractivity contribution is 6.59. The molecule has 0 radical (unpaired) electrons. The minimum atomic E-state index is -1.46. The molecule has 23 heavy (non-hydrogen) atoms. The van der Waals surface area contributed by atoms with Crippen molar-refractivity contribution in [3.8, 4) is 5.69 Å². The quantitative estimate of drug-likeness (QED) is 0.715. The van der Waals surface area contributed by atoms with E-state index in [4.69, 9.17) is 0 Å². The van der Waals surface area contributed by atoms with Crippen LogP contribution in [0.4, 0.5) is 0 Å². The molecule has 2 N–H and O–H groups in total. The van der Waals surface area contributed by atoms with Gasteiger partial charge in [-0.25, -0.2) is 0 Å². The van der Waals surface area contributed by atoms with Crippen molar-refractivity contribution in [1.82, 2.24) is 4.57 Å². The molecule has 1 aromatic heterocycles. The normalized spacial score (nSPS) is 13.1. The molecule has 0 saturated carbocycles. The van der Waals surface area contributed by atoms with Crippen molar-refractivity contribution in [2.45, 2.75) is 6.42 Å². The minimum Gasteiger partial charge on any atom is -0.423 e. The fourth-order valence-electron chi connectivity index (χ4n) is 3.15. The third-order valence-electron chi connectivity index (χ3n) is 4.21. The van der Waals surface area contributed by atoms with Gasteiger partial charge < -0.3 is 14.6 Å². The molecule has 3 aromatic rings. The van der Waals surface area contributed by atoms with Crippen LogP contribution in [-0.2, 0) is 0 Å². The van der Waals surface area contributed by atoms with Gasteiger partial charge in [0.1, 0.15) is 0 Å². The van der Waals surface area contributed by atoms with E-state index in [0.29, 0.717) is 5.46 Å². The summed E-state index contributed by atoms with van der Waals surface area (Å²) in [6.07, 6.45) is 9.41. The Morgan fingerprint density at radius 2 is 1.70 bits per heavy atom. The number of aromatic nitrogens is 1. The van der Waals surface area contributed by atoms with E-state index in [1.165, 1.54) is 0 Å². The van der Waals surface area contributed by atoms with Crippen LogP contribution in [0.1, 0.15) is 17.7 Å². The fourth-order valence-corrected chi connectivity index (χ4v) is 3.15. The molecule has 0 saturated heterocycles. The Balaban J connectivity index is 2.10. The first-order chi connectivity index (χ1) is 11.3. The first-order valence-corrected chi connectivity index (χ1v) is 7.69. The molecule has 0 fully saturated rings. The minimum absolute atomic E-state index is 0.507. The molecular weight excluding hydrogens is 285 g/mol. The van der Waals surface area contributed by atoms with E-state index in [1.807, 2.05) is 30.3 Å². The van der Waals surface area contributed by atoms with Crippen LogP contribution in [0.5, 0.6) is 0 Å². The second-order valence-corrected chi connectivity index (χ2v) is 5.66. The van der Waals surface area contributed by atoms with Crippen LogP contribution in [0.3, 0.4) is 0 Å². The van der Waals surface area contributed by atoms with Crippen molar-refractivity contribution in [2.75, 3.05) is 0 Å². The summed E-state index contributed by atoms with van der Waals surface area (Å²) >= 11 is 0. The lowest BCUT2D eigenvalue weighted by atomic mass is 9.79. The van der Waals surface area contributed by atoms with Gasteiger partial charge in [0.15, 0.2) is 0 Å². The second-order valence-electron chi connectivity index (χ2n) is 5.66. The molecule has 1 heterocycles. The van der Waals surface area contributed by atoms with Crippen molar-refractivity contribution in [3.63, 3.8) is 0 Å². The molecule has 3 nitrogen and oxygen atoms in total. The zero-order chi connectivity index (χ0) is 15.8. The smallest absolute Gasteiger partial charge is 0.423 e. The molecule has 112 valence electrons. The second kappa shape index (κ2) is 5.58. The number of hydrogen-bond acceptors (Lipinski definition) is 2. The Morgan fingerprint density at radius 1 is 0.913 bits per heavy atom. The van der Waals surface area contributed by atoms with Crippen molar-refractivity contribution >= 4 is 35.6 Å². The number of allylic oxidation sites excluding steroid dienone is 2. The molecule has 4 rings (SSSR count). The Hall–Kier alpha value is -2.56. The van der Waals surface area contributed by atoms with Gasteiger partial charge in [-0.3, -0.25) is 0 Å². The van der Waals surface area contributed by atoms with E-state index in [9.17, 15) is 10.0 Å². The van der Waals surface area contributed by atoms with Gasteiger partial charge in [0.25, 0.3) is 0 Å². The number of rotatable bonds is 2. The summed E-state index contributed by atoms with van der Waals surface area (Å²) in [7, 11) is -1.46. The van der Waals surface area contributed by atoms with Crippen molar-refractivity contribution in [1.29, 1.82) is 0 Å². The Bertz CT molecular complexity index is 923. The Labute approximate surface area is 135 Å². The summed E-state index contributed by atoms with van der Waals surface area (Å²) in [5, 5.41) is 20.0. The highest BCUT2D eigenvalue weighted by Gasteiger charge is 2.19. The summed E-state index contributed by atoms with van der Waals surface area (Å²) in [5.41, 5.74) is 4.88. The Morgan fingerprint density at radius 3 is 2.48 bits per heavy atom. The fraction of sp³-hybridized carbons (Fsp3) is 0.0526. The lowest BCUT2D eigenvalue weighted by Gasteiger charge is -2.09. The first-order valence-electron chi connectivity index (χ1n) is 7.69. The predicted molar refractivity (Wildman–Crippen MR) is 95.8 cm³/mol. The van der Waals surface area contributed by atoms with Crippen LogP contribution in [0.2, 0.25) is 0 Å². The summed E-state index contributed by atoms with van der Waals surface area (Å²) in [6.45, 7) is 0. The van der Waals surface area contributed by atoms with Crippen LogP contribution in [0, 0.1) is 0 Å². The van der Waals surface area contributed by atoms with Gasteiger partial charge in [-0.1, -0.05) is 48.6 Å². The van der Waals surface area contributed by atoms with Gasteiger partial charge in [0.05, 0.1) is 11.2 Å². The van der Waals surface area contributed by atoms with E-state index in [2.05, 4.69) is 41.0 Å². The lowest BCUT2D eigenvalue weighted by Crippen LogP contribution is -2.29. The molecule has 1 aliphatic carbocycles. The molecule has 0 unspecified atom stereocenters. The average Bonchev–Trinajstić information content (AvgIpc) is 2.72. The zero-order valence-electron chi connectivity index (χ0n) is 12.6. The average molecular weight is 301 g/mol.